The summed E-state index contributed by atoms with van der Waals surface area (Å²) < 4.78 is 32.0. The van der Waals surface area contributed by atoms with Gasteiger partial charge >= 0.3 is 0 Å². The lowest BCUT2D eigenvalue weighted by molar-refractivity contribution is 0.548. The van der Waals surface area contributed by atoms with Gasteiger partial charge in [-0.2, -0.15) is 0 Å². The maximum atomic E-state index is 12.2. The molecule has 6 nitrogen and oxygen atoms in total. The van der Waals surface area contributed by atoms with Crippen LogP contribution in [0.4, 0.5) is 0 Å². The molecule has 2 rings (SSSR count). The average molecular weight is 299 g/mol. The summed E-state index contributed by atoms with van der Waals surface area (Å²) in [4.78, 5) is 0.220. The zero-order valence-corrected chi connectivity index (χ0v) is 11.8. The Balaban J connectivity index is 2.50. The van der Waals surface area contributed by atoms with Gasteiger partial charge in [-0.15, -0.1) is 5.10 Å². The highest BCUT2D eigenvalue weighted by Gasteiger charge is 2.20. The molecule has 2 aromatic rings. The molecular weight excluding hydrogens is 286 g/mol. The summed E-state index contributed by atoms with van der Waals surface area (Å²) in [6.45, 7) is 2.27. The lowest BCUT2D eigenvalue weighted by atomic mass is 10.2. The van der Waals surface area contributed by atoms with Crippen molar-refractivity contribution in [2.45, 2.75) is 18.2 Å². The number of hydrogen-bond acceptors (Lipinski definition) is 5. The molecule has 0 unspecified atom stereocenters. The largest absolute Gasteiger partial charge is 0.409 e. The number of H-pyrrole nitrogens is 1. The van der Waals surface area contributed by atoms with Crippen molar-refractivity contribution < 1.29 is 12.8 Å². The van der Waals surface area contributed by atoms with Crippen LogP contribution >= 0.6 is 12.2 Å². The van der Waals surface area contributed by atoms with Gasteiger partial charge < -0.3 is 4.42 Å². The van der Waals surface area contributed by atoms with E-state index in [2.05, 4.69) is 14.9 Å². The molecule has 0 amide bonds. The van der Waals surface area contributed by atoms with Gasteiger partial charge in [0, 0.05) is 6.54 Å². The predicted molar refractivity (Wildman–Crippen MR) is 72.6 cm³/mol. The van der Waals surface area contributed by atoms with Crippen LogP contribution in [0.25, 0.3) is 11.5 Å². The van der Waals surface area contributed by atoms with Gasteiger partial charge in [-0.1, -0.05) is 19.1 Å². The Kier molecular flexibility index (Phi) is 4.13. The lowest BCUT2D eigenvalue weighted by Gasteiger charge is -2.08. The maximum absolute atomic E-state index is 12.2. The SMILES string of the molecule is CCCNS(=O)(=O)c1ccccc1-c1n[nH]c(=S)o1. The van der Waals surface area contributed by atoms with Crippen molar-refractivity contribution in [1.29, 1.82) is 0 Å². The summed E-state index contributed by atoms with van der Waals surface area (Å²) in [5, 5.41) is 6.32. The molecule has 0 aliphatic rings. The summed E-state index contributed by atoms with van der Waals surface area (Å²) in [5.74, 6) is 0.155. The molecule has 0 fully saturated rings. The van der Waals surface area contributed by atoms with Crippen molar-refractivity contribution in [1.82, 2.24) is 14.9 Å². The predicted octanol–water partition coefficient (Wildman–Crippen LogP) is 2.09. The van der Waals surface area contributed by atoms with Crippen LogP contribution in [0.3, 0.4) is 0 Å². The Labute approximate surface area is 115 Å². The van der Waals surface area contributed by atoms with Gasteiger partial charge in [0.15, 0.2) is 0 Å². The fourth-order valence-corrected chi connectivity index (χ4v) is 2.99. The van der Waals surface area contributed by atoms with E-state index in [4.69, 9.17) is 16.6 Å². The van der Waals surface area contributed by atoms with Crippen LogP contribution < -0.4 is 4.72 Å². The van der Waals surface area contributed by atoms with E-state index in [1.54, 1.807) is 18.2 Å². The lowest BCUT2D eigenvalue weighted by Crippen LogP contribution is -2.24. The van der Waals surface area contributed by atoms with Crippen LogP contribution in [0.15, 0.2) is 33.6 Å². The molecule has 1 heterocycles. The van der Waals surface area contributed by atoms with Crippen LogP contribution in [0.1, 0.15) is 13.3 Å². The molecule has 0 spiro atoms. The quantitative estimate of drug-likeness (QED) is 0.825. The van der Waals surface area contributed by atoms with Crippen molar-refractivity contribution in [2.75, 3.05) is 6.54 Å². The number of rotatable bonds is 5. The smallest absolute Gasteiger partial charge is 0.284 e. The van der Waals surface area contributed by atoms with Crippen molar-refractivity contribution in [3.05, 3.63) is 29.1 Å². The number of benzene rings is 1. The van der Waals surface area contributed by atoms with Gasteiger partial charge in [-0.3, -0.25) is 0 Å². The molecule has 0 aliphatic heterocycles. The van der Waals surface area contributed by atoms with Gasteiger partial charge in [0.2, 0.25) is 15.9 Å². The summed E-state index contributed by atoms with van der Waals surface area (Å²) in [5.41, 5.74) is 0.374. The molecule has 2 N–H and O–H groups in total. The second kappa shape index (κ2) is 5.64. The van der Waals surface area contributed by atoms with Gasteiger partial charge in [0.05, 0.1) is 10.5 Å². The fraction of sp³-hybridized carbons (Fsp3) is 0.273. The van der Waals surface area contributed by atoms with Crippen molar-refractivity contribution in [3.63, 3.8) is 0 Å². The molecule has 0 atom stereocenters. The fourth-order valence-electron chi connectivity index (χ4n) is 1.54. The Hall–Kier alpha value is -1.51. The molecule has 8 heteroatoms. The van der Waals surface area contributed by atoms with Crippen LogP contribution in [-0.4, -0.2) is 25.2 Å². The minimum absolute atomic E-state index is 0.101. The van der Waals surface area contributed by atoms with E-state index in [1.807, 2.05) is 6.92 Å². The number of nitrogens with one attached hydrogen (secondary N) is 2. The molecule has 0 bridgehead atoms. The molecule has 0 saturated heterocycles. The summed E-state index contributed by atoms with van der Waals surface area (Å²) >= 11 is 4.79. The van der Waals surface area contributed by atoms with E-state index in [-0.39, 0.29) is 15.6 Å². The molecule has 0 radical (unpaired) electrons. The number of aromatic amines is 1. The molecule has 0 aliphatic carbocycles. The van der Waals surface area contributed by atoms with E-state index >= 15 is 0 Å². The second-order valence-electron chi connectivity index (χ2n) is 3.81. The van der Waals surface area contributed by atoms with E-state index < -0.39 is 10.0 Å². The van der Waals surface area contributed by atoms with E-state index in [0.717, 1.165) is 0 Å². The number of hydrogen-bond donors (Lipinski definition) is 2. The van der Waals surface area contributed by atoms with Crippen molar-refractivity contribution in [3.8, 4) is 11.5 Å². The van der Waals surface area contributed by atoms with E-state index in [1.165, 1.54) is 6.07 Å². The summed E-state index contributed by atoms with van der Waals surface area (Å²) in [7, 11) is -3.59. The monoisotopic (exact) mass is 299 g/mol. The first-order valence-corrected chi connectivity index (χ1v) is 7.58. The molecule has 1 aromatic heterocycles. The van der Waals surface area contributed by atoms with Crippen LogP contribution in [-0.2, 0) is 10.0 Å². The molecular formula is C11H13N3O3S2. The Morgan fingerprint density at radius 2 is 2.16 bits per heavy atom. The number of sulfonamides is 1. The normalized spacial score (nSPS) is 11.6. The highest BCUT2D eigenvalue weighted by molar-refractivity contribution is 7.89. The minimum atomic E-state index is -3.59. The summed E-state index contributed by atoms with van der Waals surface area (Å²) in [6.07, 6.45) is 0.713. The first-order chi connectivity index (χ1) is 9.04. The highest BCUT2D eigenvalue weighted by Crippen LogP contribution is 2.25. The molecule has 1 aromatic carbocycles. The van der Waals surface area contributed by atoms with Crippen molar-refractivity contribution in [2.24, 2.45) is 0 Å². The maximum Gasteiger partial charge on any atom is 0.284 e. The third-order valence-electron chi connectivity index (χ3n) is 2.39. The summed E-state index contributed by atoms with van der Waals surface area (Å²) in [6, 6.07) is 6.47. The van der Waals surface area contributed by atoms with Gasteiger partial charge in [-0.25, -0.2) is 18.2 Å². The highest BCUT2D eigenvalue weighted by atomic mass is 32.2. The number of aromatic nitrogens is 2. The van der Waals surface area contributed by atoms with E-state index in [9.17, 15) is 8.42 Å². The number of nitrogens with zero attached hydrogens (tertiary/aromatic N) is 1. The van der Waals surface area contributed by atoms with Crippen molar-refractivity contribution >= 4 is 22.2 Å². The van der Waals surface area contributed by atoms with Gasteiger partial charge in [0.1, 0.15) is 0 Å². The second-order valence-corrected chi connectivity index (χ2v) is 5.92. The van der Waals surface area contributed by atoms with Crippen LogP contribution in [0.5, 0.6) is 0 Å². The van der Waals surface area contributed by atoms with Gasteiger partial charge in [0.25, 0.3) is 4.84 Å². The third-order valence-corrected chi connectivity index (χ3v) is 4.08. The standard InChI is InChI=1S/C11H13N3O3S2/c1-2-7-12-19(15,16)9-6-4-3-5-8(9)10-13-14-11(18)17-10/h3-6,12H,2,7H2,1H3,(H,14,18). The van der Waals surface area contributed by atoms with Gasteiger partial charge in [-0.05, 0) is 30.8 Å². The topological polar surface area (TPSA) is 88.0 Å². The first kappa shape index (κ1) is 13.9. The zero-order chi connectivity index (χ0) is 13.9. The Morgan fingerprint density at radius 3 is 2.79 bits per heavy atom. The first-order valence-electron chi connectivity index (χ1n) is 5.69. The minimum Gasteiger partial charge on any atom is -0.409 e. The average Bonchev–Trinajstić information content (AvgIpc) is 2.83. The Morgan fingerprint density at radius 1 is 1.42 bits per heavy atom. The van der Waals surface area contributed by atoms with Crippen LogP contribution in [0, 0.1) is 4.84 Å². The molecule has 102 valence electrons. The Bertz CT molecular complexity index is 719. The van der Waals surface area contributed by atoms with Crippen LogP contribution in [0.2, 0.25) is 0 Å². The van der Waals surface area contributed by atoms with E-state index in [0.29, 0.717) is 18.5 Å². The molecule has 19 heavy (non-hydrogen) atoms. The molecule has 0 saturated carbocycles. The third kappa shape index (κ3) is 3.09. The zero-order valence-electron chi connectivity index (χ0n) is 10.2.